The normalized spacial score (nSPS) is 16.0. The van der Waals surface area contributed by atoms with Gasteiger partial charge in [-0.3, -0.25) is 4.79 Å². The number of rotatable bonds is 5. The van der Waals surface area contributed by atoms with Crippen LogP contribution in [0.25, 0.3) is 16.8 Å². The van der Waals surface area contributed by atoms with Crippen LogP contribution < -0.4 is 15.5 Å². The average Bonchev–Trinajstić information content (AvgIpc) is 3.48. The Hall–Kier alpha value is -4.15. The van der Waals surface area contributed by atoms with Crippen LogP contribution in [-0.2, 0) is 4.79 Å². The minimum Gasteiger partial charge on any atom is -0.354 e. The molecule has 4 aromatic rings. The molecule has 1 fully saturated rings. The molecule has 35 heavy (non-hydrogen) atoms. The maximum absolute atomic E-state index is 12.7. The highest BCUT2D eigenvalue weighted by Crippen LogP contribution is 2.30. The molecule has 1 amide bonds. The highest BCUT2D eigenvalue weighted by Gasteiger charge is 2.38. The van der Waals surface area contributed by atoms with Crippen LogP contribution in [0.1, 0.15) is 19.8 Å². The van der Waals surface area contributed by atoms with Gasteiger partial charge in [0.2, 0.25) is 0 Å². The predicted octanol–water partition coefficient (Wildman–Crippen LogP) is 5.02. The van der Waals surface area contributed by atoms with Crippen molar-refractivity contribution in [2.24, 2.45) is 0 Å². The molecule has 5 rings (SSSR count). The molecule has 0 saturated carbocycles. The van der Waals surface area contributed by atoms with Crippen molar-refractivity contribution in [3.05, 3.63) is 61.1 Å². The summed E-state index contributed by atoms with van der Waals surface area (Å²) in [7, 11) is 0. The fourth-order valence-electron chi connectivity index (χ4n) is 4.22. The molecule has 1 aliphatic heterocycles. The standard InChI is InChI=1S/C24H22F3N7O/c1-15-5-4-10-33(15)21-9-3-8-20(32-21)31-19-12-17(13-34-22(19)28-14-29-34)16-6-2-7-18(11-16)30-23(35)24(25,26)27/h2-3,6-9,11-15H,4-5,10H2,1H3,(H,30,35)(H,31,32). The maximum Gasteiger partial charge on any atom is 0.471 e. The molecule has 2 N–H and O–H groups in total. The zero-order valence-electron chi connectivity index (χ0n) is 18.8. The van der Waals surface area contributed by atoms with Crippen LogP contribution >= 0.6 is 0 Å². The van der Waals surface area contributed by atoms with E-state index in [0.29, 0.717) is 34.3 Å². The number of fused-ring (bicyclic) bond motifs is 1. The molecule has 4 heterocycles. The lowest BCUT2D eigenvalue weighted by atomic mass is 10.1. The first-order valence-corrected chi connectivity index (χ1v) is 11.1. The SMILES string of the molecule is CC1CCCN1c1cccc(Nc2cc(-c3cccc(NC(=O)C(F)(F)F)c3)cn3ncnc23)n1. The van der Waals surface area contributed by atoms with Crippen LogP contribution in [-0.4, -0.2) is 44.3 Å². The van der Waals surface area contributed by atoms with Gasteiger partial charge in [-0.25, -0.2) is 14.5 Å². The Morgan fingerprint density at radius 1 is 1.11 bits per heavy atom. The smallest absolute Gasteiger partial charge is 0.354 e. The second-order valence-corrected chi connectivity index (χ2v) is 8.39. The number of aromatic nitrogens is 4. The van der Waals surface area contributed by atoms with E-state index < -0.39 is 12.1 Å². The lowest BCUT2D eigenvalue weighted by Gasteiger charge is -2.23. The van der Waals surface area contributed by atoms with E-state index in [9.17, 15) is 18.0 Å². The molecule has 0 spiro atoms. The number of pyridine rings is 2. The molecular formula is C24H22F3N7O. The van der Waals surface area contributed by atoms with Crippen molar-refractivity contribution in [1.82, 2.24) is 19.6 Å². The van der Waals surface area contributed by atoms with E-state index in [1.54, 1.807) is 22.8 Å². The third kappa shape index (κ3) is 4.75. The summed E-state index contributed by atoms with van der Waals surface area (Å²) in [5, 5.41) is 9.41. The molecule has 8 nitrogen and oxygen atoms in total. The summed E-state index contributed by atoms with van der Waals surface area (Å²) in [6, 6.07) is 14.2. The summed E-state index contributed by atoms with van der Waals surface area (Å²) in [6.07, 6.45) is 0.421. The molecule has 11 heteroatoms. The van der Waals surface area contributed by atoms with Gasteiger partial charge in [-0.05, 0) is 55.7 Å². The number of anilines is 4. The quantitative estimate of drug-likeness (QED) is 0.416. The number of alkyl halides is 3. The number of nitrogens with zero attached hydrogens (tertiary/aromatic N) is 5. The molecule has 1 aliphatic rings. The number of amides is 1. The second kappa shape index (κ2) is 8.90. The number of carbonyl (C=O) groups is 1. The molecule has 1 atom stereocenters. The molecule has 1 saturated heterocycles. The van der Waals surface area contributed by atoms with Crippen LogP contribution in [0.2, 0.25) is 0 Å². The largest absolute Gasteiger partial charge is 0.471 e. The molecule has 0 aliphatic carbocycles. The van der Waals surface area contributed by atoms with Gasteiger partial charge in [0.1, 0.15) is 18.0 Å². The first-order chi connectivity index (χ1) is 16.8. The van der Waals surface area contributed by atoms with E-state index in [2.05, 4.69) is 27.2 Å². The van der Waals surface area contributed by atoms with Crippen LogP contribution in [0.5, 0.6) is 0 Å². The maximum atomic E-state index is 12.7. The van der Waals surface area contributed by atoms with E-state index in [-0.39, 0.29) is 5.69 Å². The Kier molecular flexibility index (Phi) is 5.75. The number of halogens is 3. The van der Waals surface area contributed by atoms with E-state index in [1.165, 1.54) is 18.5 Å². The Morgan fingerprint density at radius 3 is 2.71 bits per heavy atom. The van der Waals surface area contributed by atoms with Crippen molar-refractivity contribution >= 4 is 34.6 Å². The molecule has 3 aromatic heterocycles. The first kappa shape index (κ1) is 22.6. The third-order valence-corrected chi connectivity index (χ3v) is 5.93. The van der Waals surface area contributed by atoms with Gasteiger partial charge < -0.3 is 15.5 Å². The predicted molar refractivity (Wildman–Crippen MR) is 127 cm³/mol. The van der Waals surface area contributed by atoms with Crippen molar-refractivity contribution in [2.45, 2.75) is 32.0 Å². The molecule has 0 bridgehead atoms. The molecule has 0 radical (unpaired) electrons. The highest BCUT2D eigenvalue weighted by molar-refractivity contribution is 5.95. The Labute approximate surface area is 198 Å². The van der Waals surface area contributed by atoms with Gasteiger partial charge in [-0.15, -0.1) is 0 Å². The molecule has 180 valence electrons. The summed E-state index contributed by atoms with van der Waals surface area (Å²) in [5.41, 5.74) is 2.49. The van der Waals surface area contributed by atoms with E-state index in [0.717, 1.165) is 25.2 Å². The number of hydrogen-bond acceptors (Lipinski definition) is 6. The molecule has 1 aromatic carbocycles. The summed E-state index contributed by atoms with van der Waals surface area (Å²) in [5.74, 6) is -0.501. The molecular weight excluding hydrogens is 459 g/mol. The number of carbonyl (C=O) groups excluding carboxylic acids is 1. The Balaban J connectivity index is 1.47. The minimum atomic E-state index is -4.97. The van der Waals surface area contributed by atoms with Crippen molar-refractivity contribution in [3.63, 3.8) is 0 Å². The second-order valence-electron chi connectivity index (χ2n) is 8.39. The zero-order valence-corrected chi connectivity index (χ0v) is 18.8. The van der Waals surface area contributed by atoms with Gasteiger partial charge in [0, 0.05) is 30.0 Å². The molecule has 1 unspecified atom stereocenters. The van der Waals surface area contributed by atoms with Gasteiger partial charge in [-0.2, -0.15) is 18.3 Å². The van der Waals surface area contributed by atoms with E-state index in [4.69, 9.17) is 4.98 Å². The van der Waals surface area contributed by atoms with Gasteiger partial charge >= 0.3 is 12.1 Å². The zero-order chi connectivity index (χ0) is 24.6. The van der Waals surface area contributed by atoms with Crippen LogP contribution in [0.15, 0.2) is 61.1 Å². The highest BCUT2D eigenvalue weighted by atomic mass is 19.4. The van der Waals surface area contributed by atoms with Gasteiger partial charge in [0.15, 0.2) is 5.65 Å². The Morgan fingerprint density at radius 2 is 1.94 bits per heavy atom. The minimum absolute atomic E-state index is 0.0344. The summed E-state index contributed by atoms with van der Waals surface area (Å²) >= 11 is 0. The van der Waals surface area contributed by atoms with Crippen LogP contribution in [0.3, 0.4) is 0 Å². The van der Waals surface area contributed by atoms with Gasteiger partial charge in [-0.1, -0.05) is 18.2 Å². The van der Waals surface area contributed by atoms with Crippen molar-refractivity contribution in [3.8, 4) is 11.1 Å². The van der Waals surface area contributed by atoms with Crippen molar-refractivity contribution in [1.29, 1.82) is 0 Å². The summed E-state index contributed by atoms with van der Waals surface area (Å²) in [6.45, 7) is 3.14. The van der Waals surface area contributed by atoms with E-state index in [1.807, 2.05) is 29.6 Å². The Bertz CT molecular complexity index is 1390. The monoisotopic (exact) mass is 481 g/mol. The average molecular weight is 481 g/mol. The number of hydrogen-bond donors (Lipinski definition) is 2. The summed E-state index contributed by atoms with van der Waals surface area (Å²) < 4.78 is 39.5. The lowest BCUT2D eigenvalue weighted by Crippen LogP contribution is -2.29. The van der Waals surface area contributed by atoms with Crippen LogP contribution in [0, 0.1) is 0 Å². The fourth-order valence-corrected chi connectivity index (χ4v) is 4.22. The fraction of sp³-hybridized carbons (Fsp3) is 0.250. The topological polar surface area (TPSA) is 87.5 Å². The third-order valence-electron chi connectivity index (χ3n) is 5.93. The first-order valence-electron chi connectivity index (χ1n) is 11.1. The van der Waals surface area contributed by atoms with Crippen molar-refractivity contribution in [2.75, 3.05) is 22.1 Å². The van der Waals surface area contributed by atoms with Gasteiger partial charge in [0.05, 0.1) is 5.69 Å². The van der Waals surface area contributed by atoms with Crippen molar-refractivity contribution < 1.29 is 18.0 Å². The number of nitrogens with one attached hydrogen (secondary N) is 2. The number of benzene rings is 1. The summed E-state index contributed by atoms with van der Waals surface area (Å²) in [4.78, 5) is 22.7. The van der Waals surface area contributed by atoms with Gasteiger partial charge in [0.25, 0.3) is 0 Å². The van der Waals surface area contributed by atoms with Crippen LogP contribution in [0.4, 0.5) is 36.2 Å². The lowest BCUT2D eigenvalue weighted by molar-refractivity contribution is -0.167. The van der Waals surface area contributed by atoms with E-state index >= 15 is 0 Å².